The third-order valence-corrected chi connectivity index (χ3v) is 3.92. The van der Waals surface area contributed by atoms with Crippen LogP contribution in [0.2, 0.25) is 0 Å². The van der Waals surface area contributed by atoms with Crippen LogP contribution in [0.15, 0.2) is 24.4 Å². The van der Waals surface area contributed by atoms with Crippen molar-refractivity contribution in [3.63, 3.8) is 0 Å². The van der Waals surface area contributed by atoms with E-state index in [1.54, 1.807) is 6.20 Å². The van der Waals surface area contributed by atoms with Crippen LogP contribution >= 0.6 is 0 Å². The summed E-state index contributed by atoms with van der Waals surface area (Å²) < 4.78 is 14.1. The molecule has 0 bridgehead atoms. The molecule has 3 N–H and O–H groups in total. The molecule has 3 rings (SSSR count). The summed E-state index contributed by atoms with van der Waals surface area (Å²) >= 11 is 0. The third kappa shape index (κ3) is 2.23. The Bertz CT molecular complexity index is 612. The minimum Gasteiger partial charge on any atom is -0.398 e. The molecule has 1 fully saturated rings. The summed E-state index contributed by atoms with van der Waals surface area (Å²) in [7, 11) is 0. The molecule has 0 aliphatic heterocycles. The standard InChI is InChI=1S/C15H18FN3/c1-9-4-5-10(7-9)19-15-12(16)8-13(17)11-3-2-6-18-14(11)15/h2-3,6,8-10,19H,4-5,7,17H2,1H3. The van der Waals surface area contributed by atoms with Gasteiger partial charge in [0.15, 0.2) is 5.82 Å². The first-order chi connectivity index (χ1) is 9.15. The summed E-state index contributed by atoms with van der Waals surface area (Å²) in [5, 5.41) is 4.12. The number of nitrogen functional groups attached to an aromatic ring is 1. The molecule has 1 aliphatic rings. The molecule has 2 unspecified atom stereocenters. The van der Waals surface area contributed by atoms with Crippen molar-refractivity contribution in [2.24, 2.45) is 5.92 Å². The van der Waals surface area contributed by atoms with E-state index in [0.29, 0.717) is 28.9 Å². The number of hydrogen-bond donors (Lipinski definition) is 2. The van der Waals surface area contributed by atoms with E-state index in [0.717, 1.165) is 18.2 Å². The first kappa shape index (κ1) is 12.2. The fourth-order valence-corrected chi connectivity index (χ4v) is 2.92. The first-order valence-corrected chi connectivity index (χ1v) is 6.74. The zero-order valence-corrected chi connectivity index (χ0v) is 11.0. The van der Waals surface area contributed by atoms with Gasteiger partial charge in [-0.05, 0) is 43.4 Å². The second-order valence-corrected chi connectivity index (χ2v) is 5.48. The maximum Gasteiger partial charge on any atom is 0.150 e. The van der Waals surface area contributed by atoms with Gasteiger partial charge in [0.2, 0.25) is 0 Å². The van der Waals surface area contributed by atoms with Crippen LogP contribution in [-0.4, -0.2) is 11.0 Å². The molecule has 1 aliphatic carbocycles. The normalized spacial score (nSPS) is 22.8. The van der Waals surface area contributed by atoms with Gasteiger partial charge in [-0.2, -0.15) is 0 Å². The SMILES string of the molecule is CC1CCC(Nc2c(F)cc(N)c3cccnc23)C1. The van der Waals surface area contributed by atoms with Gasteiger partial charge in [-0.3, -0.25) is 4.98 Å². The molecule has 19 heavy (non-hydrogen) atoms. The quantitative estimate of drug-likeness (QED) is 0.811. The molecular weight excluding hydrogens is 241 g/mol. The van der Waals surface area contributed by atoms with Crippen LogP contribution in [0, 0.1) is 11.7 Å². The Morgan fingerprint density at radius 3 is 3.00 bits per heavy atom. The molecule has 0 saturated heterocycles. The minimum absolute atomic E-state index is 0.316. The Morgan fingerprint density at radius 1 is 1.42 bits per heavy atom. The van der Waals surface area contributed by atoms with Gasteiger partial charge in [0, 0.05) is 23.3 Å². The molecule has 3 nitrogen and oxygen atoms in total. The van der Waals surface area contributed by atoms with Crippen molar-refractivity contribution in [1.29, 1.82) is 0 Å². The van der Waals surface area contributed by atoms with Crippen LogP contribution in [0.4, 0.5) is 15.8 Å². The lowest BCUT2D eigenvalue weighted by Crippen LogP contribution is -2.17. The minimum atomic E-state index is -0.316. The Morgan fingerprint density at radius 2 is 2.26 bits per heavy atom. The molecule has 0 spiro atoms. The highest BCUT2D eigenvalue weighted by Crippen LogP contribution is 2.33. The maximum atomic E-state index is 14.1. The fraction of sp³-hybridized carbons (Fsp3) is 0.400. The predicted octanol–water partition coefficient (Wildman–Crippen LogP) is 3.56. The van der Waals surface area contributed by atoms with Crippen LogP contribution < -0.4 is 11.1 Å². The topological polar surface area (TPSA) is 50.9 Å². The van der Waals surface area contributed by atoms with Gasteiger partial charge in [0.05, 0.1) is 11.2 Å². The molecule has 2 aromatic rings. The average molecular weight is 259 g/mol. The Labute approximate surface area is 112 Å². The summed E-state index contributed by atoms with van der Waals surface area (Å²) in [6.07, 6.45) is 5.03. The fourth-order valence-electron chi connectivity index (χ4n) is 2.92. The van der Waals surface area contributed by atoms with Crippen molar-refractivity contribution in [3.8, 4) is 0 Å². The second-order valence-electron chi connectivity index (χ2n) is 5.48. The summed E-state index contributed by atoms with van der Waals surface area (Å²) in [6.45, 7) is 2.23. The lowest BCUT2D eigenvalue weighted by molar-refractivity contribution is 0.598. The van der Waals surface area contributed by atoms with Crippen molar-refractivity contribution in [1.82, 2.24) is 4.98 Å². The summed E-state index contributed by atoms with van der Waals surface area (Å²) in [4.78, 5) is 4.28. The molecule has 1 aromatic heterocycles. The number of pyridine rings is 1. The Kier molecular flexibility index (Phi) is 3.01. The number of fused-ring (bicyclic) bond motifs is 1. The van der Waals surface area contributed by atoms with Gasteiger partial charge in [-0.15, -0.1) is 0 Å². The molecule has 2 atom stereocenters. The average Bonchev–Trinajstić information content (AvgIpc) is 2.80. The predicted molar refractivity (Wildman–Crippen MR) is 76.5 cm³/mol. The number of nitrogens with one attached hydrogen (secondary N) is 1. The zero-order valence-electron chi connectivity index (χ0n) is 11.0. The van der Waals surface area contributed by atoms with Crippen LogP contribution in [0.3, 0.4) is 0 Å². The number of anilines is 2. The van der Waals surface area contributed by atoms with Crippen LogP contribution in [0.25, 0.3) is 10.9 Å². The van der Waals surface area contributed by atoms with E-state index >= 15 is 0 Å². The molecule has 0 amide bonds. The summed E-state index contributed by atoms with van der Waals surface area (Å²) in [5.74, 6) is 0.386. The van der Waals surface area contributed by atoms with Gasteiger partial charge in [0.1, 0.15) is 0 Å². The number of halogens is 1. The molecule has 4 heteroatoms. The van der Waals surface area contributed by atoms with Crippen molar-refractivity contribution >= 4 is 22.3 Å². The van der Waals surface area contributed by atoms with E-state index in [4.69, 9.17) is 5.73 Å². The summed E-state index contributed by atoms with van der Waals surface area (Å²) in [5.41, 5.74) is 7.40. The van der Waals surface area contributed by atoms with Gasteiger partial charge < -0.3 is 11.1 Å². The molecule has 0 radical (unpaired) electrons. The number of benzene rings is 1. The largest absolute Gasteiger partial charge is 0.398 e. The number of nitrogens with zero attached hydrogens (tertiary/aromatic N) is 1. The van der Waals surface area contributed by atoms with Crippen molar-refractivity contribution < 1.29 is 4.39 Å². The highest BCUT2D eigenvalue weighted by Gasteiger charge is 2.23. The summed E-state index contributed by atoms with van der Waals surface area (Å²) in [6, 6.07) is 5.40. The van der Waals surface area contributed by atoms with Crippen molar-refractivity contribution in [2.45, 2.75) is 32.2 Å². The Hall–Kier alpha value is -1.84. The molecule has 1 saturated carbocycles. The molecular formula is C15H18FN3. The second kappa shape index (κ2) is 4.68. The van der Waals surface area contributed by atoms with Crippen molar-refractivity contribution in [2.75, 3.05) is 11.1 Å². The number of rotatable bonds is 2. The number of hydrogen-bond acceptors (Lipinski definition) is 3. The van der Waals surface area contributed by atoms with E-state index < -0.39 is 0 Å². The zero-order chi connectivity index (χ0) is 13.4. The smallest absolute Gasteiger partial charge is 0.150 e. The first-order valence-electron chi connectivity index (χ1n) is 6.74. The van der Waals surface area contributed by atoms with E-state index in [2.05, 4.69) is 17.2 Å². The van der Waals surface area contributed by atoms with E-state index in [-0.39, 0.29) is 5.82 Å². The van der Waals surface area contributed by atoms with E-state index in [1.165, 1.54) is 12.5 Å². The van der Waals surface area contributed by atoms with Gasteiger partial charge in [-0.1, -0.05) is 6.92 Å². The molecule has 100 valence electrons. The van der Waals surface area contributed by atoms with Crippen LogP contribution in [-0.2, 0) is 0 Å². The Balaban J connectivity index is 2.02. The van der Waals surface area contributed by atoms with Gasteiger partial charge in [0.25, 0.3) is 0 Å². The number of aromatic nitrogens is 1. The van der Waals surface area contributed by atoms with E-state index in [1.807, 2.05) is 12.1 Å². The van der Waals surface area contributed by atoms with Crippen LogP contribution in [0.5, 0.6) is 0 Å². The molecule has 1 heterocycles. The molecule has 1 aromatic carbocycles. The third-order valence-electron chi connectivity index (χ3n) is 3.92. The maximum absolute atomic E-state index is 14.1. The lowest BCUT2D eigenvalue weighted by atomic mass is 10.1. The highest BCUT2D eigenvalue weighted by atomic mass is 19.1. The number of nitrogens with two attached hydrogens (primary N) is 1. The van der Waals surface area contributed by atoms with Gasteiger partial charge in [-0.25, -0.2) is 4.39 Å². The van der Waals surface area contributed by atoms with Crippen LogP contribution in [0.1, 0.15) is 26.2 Å². The van der Waals surface area contributed by atoms with Crippen molar-refractivity contribution in [3.05, 3.63) is 30.2 Å². The van der Waals surface area contributed by atoms with E-state index in [9.17, 15) is 4.39 Å². The lowest BCUT2D eigenvalue weighted by Gasteiger charge is -2.17. The monoisotopic (exact) mass is 259 g/mol. The highest BCUT2D eigenvalue weighted by molar-refractivity contribution is 5.98. The van der Waals surface area contributed by atoms with Gasteiger partial charge >= 0.3 is 0 Å².